The fourth-order valence-electron chi connectivity index (χ4n) is 3.11. The fourth-order valence-corrected chi connectivity index (χ4v) is 3.72. The fraction of sp³-hybridized carbons (Fsp3) is 0.227. The summed E-state index contributed by atoms with van der Waals surface area (Å²) in [5.74, 6) is -0.396. The first kappa shape index (κ1) is 22.2. The molecule has 0 spiro atoms. The van der Waals surface area contributed by atoms with Crippen molar-refractivity contribution < 1.29 is 9.59 Å². The number of hydrogen-bond acceptors (Lipinski definition) is 6. The van der Waals surface area contributed by atoms with Crippen LogP contribution in [0, 0.1) is 20.8 Å². The summed E-state index contributed by atoms with van der Waals surface area (Å²) < 4.78 is 0. The SMILES string of the molecule is CC(=O)Nc1c(C)cc(C)cc1-c1nnc(SCC(=O)Nc2cccc(C)c2)[nH]c1=O. The molecule has 1 heterocycles. The van der Waals surface area contributed by atoms with Crippen LogP contribution in [0.2, 0.25) is 0 Å². The number of carbonyl (C=O) groups is 2. The van der Waals surface area contributed by atoms with E-state index in [1.165, 1.54) is 6.92 Å². The van der Waals surface area contributed by atoms with Gasteiger partial charge in [-0.25, -0.2) is 0 Å². The first-order valence-electron chi connectivity index (χ1n) is 9.58. The molecule has 0 bridgehead atoms. The minimum atomic E-state index is -0.451. The predicted molar refractivity (Wildman–Crippen MR) is 122 cm³/mol. The van der Waals surface area contributed by atoms with E-state index in [1.54, 1.807) is 6.07 Å². The third-order valence-corrected chi connectivity index (χ3v) is 5.22. The number of H-pyrrole nitrogens is 1. The van der Waals surface area contributed by atoms with Crippen molar-refractivity contribution in [3.63, 3.8) is 0 Å². The normalized spacial score (nSPS) is 10.6. The van der Waals surface area contributed by atoms with Crippen molar-refractivity contribution in [1.82, 2.24) is 15.2 Å². The number of aromatic amines is 1. The minimum absolute atomic E-state index is 0.0681. The Morgan fingerprint density at radius 3 is 2.48 bits per heavy atom. The van der Waals surface area contributed by atoms with Gasteiger partial charge in [-0.15, -0.1) is 10.2 Å². The van der Waals surface area contributed by atoms with Crippen molar-refractivity contribution in [2.24, 2.45) is 0 Å². The summed E-state index contributed by atoms with van der Waals surface area (Å²) >= 11 is 1.08. The molecular formula is C22H23N5O3S. The molecule has 0 radical (unpaired) electrons. The molecule has 3 N–H and O–H groups in total. The van der Waals surface area contributed by atoms with Crippen LogP contribution >= 0.6 is 11.8 Å². The Balaban J connectivity index is 1.77. The van der Waals surface area contributed by atoms with Crippen molar-refractivity contribution in [2.45, 2.75) is 32.9 Å². The molecule has 9 heteroatoms. The van der Waals surface area contributed by atoms with Gasteiger partial charge in [-0.3, -0.25) is 19.4 Å². The van der Waals surface area contributed by atoms with E-state index in [1.807, 2.05) is 51.1 Å². The second-order valence-corrected chi connectivity index (χ2v) is 8.16. The molecule has 3 aromatic rings. The Morgan fingerprint density at radius 2 is 1.81 bits per heavy atom. The molecule has 0 atom stereocenters. The smallest absolute Gasteiger partial charge is 0.278 e. The van der Waals surface area contributed by atoms with Gasteiger partial charge in [-0.05, 0) is 50.1 Å². The van der Waals surface area contributed by atoms with Gasteiger partial charge in [0, 0.05) is 18.2 Å². The van der Waals surface area contributed by atoms with Gasteiger partial charge in [0.2, 0.25) is 11.8 Å². The number of nitrogens with zero attached hydrogens (tertiary/aromatic N) is 2. The zero-order valence-electron chi connectivity index (χ0n) is 17.7. The molecule has 1 aromatic heterocycles. The Bertz CT molecular complexity index is 1210. The van der Waals surface area contributed by atoms with Gasteiger partial charge < -0.3 is 10.6 Å². The Hall–Kier alpha value is -3.46. The number of nitrogens with one attached hydrogen (secondary N) is 3. The van der Waals surface area contributed by atoms with Gasteiger partial charge in [0.1, 0.15) is 0 Å². The molecule has 0 aliphatic heterocycles. The quantitative estimate of drug-likeness (QED) is 0.509. The summed E-state index contributed by atoms with van der Waals surface area (Å²) in [6.45, 7) is 7.09. The van der Waals surface area contributed by atoms with Crippen molar-refractivity contribution in [3.8, 4) is 11.3 Å². The van der Waals surface area contributed by atoms with Gasteiger partial charge in [0.15, 0.2) is 10.9 Å². The number of anilines is 2. The maximum atomic E-state index is 12.7. The van der Waals surface area contributed by atoms with Crippen LogP contribution in [0.5, 0.6) is 0 Å². The third-order valence-electron chi connectivity index (χ3n) is 4.35. The summed E-state index contributed by atoms with van der Waals surface area (Å²) in [5, 5.41) is 13.9. The van der Waals surface area contributed by atoms with Gasteiger partial charge in [0.05, 0.1) is 11.4 Å². The molecular weight excluding hydrogens is 414 g/mol. The maximum absolute atomic E-state index is 12.7. The summed E-state index contributed by atoms with van der Waals surface area (Å²) in [6.07, 6.45) is 0. The van der Waals surface area contributed by atoms with Gasteiger partial charge in [0.25, 0.3) is 5.56 Å². The summed E-state index contributed by atoms with van der Waals surface area (Å²) in [4.78, 5) is 39.1. The van der Waals surface area contributed by atoms with Crippen LogP contribution in [-0.4, -0.2) is 32.7 Å². The molecule has 0 unspecified atom stereocenters. The lowest BCUT2D eigenvalue weighted by Gasteiger charge is -2.13. The Morgan fingerprint density at radius 1 is 1.03 bits per heavy atom. The second-order valence-electron chi connectivity index (χ2n) is 7.20. The van der Waals surface area contributed by atoms with Gasteiger partial charge in [-0.1, -0.05) is 35.5 Å². The first-order chi connectivity index (χ1) is 14.7. The van der Waals surface area contributed by atoms with Crippen LogP contribution in [0.25, 0.3) is 11.3 Å². The van der Waals surface area contributed by atoms with E-state index in [0.717, 1.165) is 28.5 Å². The highest BCUT2D eigenvalue weighted by Gasteiger charge is 2.16. The molecule has 0 fully saturated rings. The summed E-state index contributed by atoms with van der Waals surface area (Å²) in [6, 6.07) is 11.2. The highest BCUT2D eigenvalue weighted by atomic mass is 32.2. The zero-order chi connectivity index (χ0) is 22.5. The molecule has 160 valence electrons. The van der Waals surface area contributed by atoms with E-state index in [0.29, 0.717) is 16.9 Å². The number of hydrogen-bond donors (Lipinski definition) is 3. The monoisotopic (exact) mass is 437 g/mol. The van der Waals surface area contributed by atoms with Gasteiger partial charge >= 0.3 is 0 Å². The molecule has 0 aliphatic rings. The average Bonchev–Trinajstić information content (AvgIpc) is 2.68. The van der Waals surface area contributed by atoms with E-state index >= 15 is 0 Å². The van der Waals surface area contributed by atoms with E-state index < -0.39 is 5.56 Å². The Kier molecular flexibility index (Phi) is 6.86. The highest BCUT2D eigenvalue weighted by Crippen LogP contribution is 2.29. The van der Waals surface area contributed by atoms with E-state index in [4.69, 9.17) is 0 Å². The molecule has 3 rings (SSSR count). The Labute approximate surface area is 183 Å². The number of benzene rings is 2. The molecule has 0 saturated heterocycles. The molecule has 2 aromatic carbocycles. The van der Waals surface area contributed by atoms with Crippen LogP contribution in [-0.2, 0) is 9.59 Å². The molecule has 2 amide bonds. The highest BCUT2D eigenvalue weighted by molar-refractivity contribution is 7.99. The number of rotatable bonds is 6. The van der Waals surface area contributed by atoms with Crippen molar-refractivity contribution in [2.75, 3.05) is 16.4 Å². The van der Waals surface area contributed by atoms with Crippen molar-refractivity contribution in [3.05, 3.63) is 63.4 Å². The maximum Gasteiger partial charge on any atom is 0.278 e. The topological polar surface area (TPSA) is 117 Å². The number of aryl methyl sites for hydroxylation is 3. The largest absolute Gasteiger partial charge is 0.325 e. The minimum Gasteiger partial charge on any atom is -0.325 e. The lowest BCUT2D eigenvalue weighted by molar-refractivity contribution is -0.114. The van der Waals surface area contributed by atoms with Gasteiger partial charge in [-0.2, -0.15) is 0 Å². The zero-order valence-corrected chi connectivity index (χ0v) is 18.5. The number of carbonyl (C=O) groups excluding carboxylic acids is 2. The number of aromatic nitrogens is 3. The summed E-state index contributed by atoms with van der Waals surface area (Å²) in [5.41, 5.74) is 4.16. The lowest BCUT2D eigenvalue weighted by atomic mass is 10.0. The molecule has 8 nitrogen and oxygen atoms in total. The van der Waals surface area contributed by atoms with Crippen LogP contribution < -0.4 is 16.2 Å². The van der Waals surface area contributed by atoms with E-state index in [2.05, 4.69) is 25.8 Å². The standard InChI is InChI=1S/C22H23N5O3S/c1-12-6-5-7-16(9-12)24-18(29)11-31-22-25-21(30)20(26-27-22)17-10-13(2)8-14(3)19(17)23-15(4)28/h5-10H,11H2,1-4H3,(H,23,28)(H,24,29)(H,25,27,30). The molecule has 31 heavy (non-hydrogen) atoms. The predicted octanol–water partition coefficient (Wildman–Crippen LogP) is 3.45. The van der Waals surface area contributed by atoms with E-state index in [9.17, 15) is 14.4 Å². The van der Waals surface area contributed by atoms with Crippen LogP contribution in [0.1, 0.15) is 23.6 Å². The third kappa shape index (κ3) is 5.79. The van der Waals surface area contributed by atoms with E-state index in [-0.39, 0.29) is 28.4 Å². The van der Waals surface area contributed by atoms with Crippen LogP contribution in [0.15, 0.2) is 46.3 Å². The van der Waals surface area contributed by atoms with Crippen LogP contribution in [0.3, 0.4) is 0 Å². The average molecular weight is 438 g/mol. The van der Waals surface area contributed by atoms with Crippen molar-refractivity contribution >= 4 is 35.0 Å². The summed E-state index contributed by atoms with van der Waals surface area (Å²) in [7, 11) is 0. The first-order valence-corrected chi connectivity index (χ1v) is 10.6. The number of thioether (sulfide) groups is 1. The number of amides is 2. The molecule has 0 saturated carbocycles. The van der Waals surface area contributed by atoms with Crippen molar-refractivity contribution in [1.29, 1.82) is 0 Å². The lowest BCUT2D eigenvalue weighted by Crippen LogP contribution is -2.18. The van der Waals surface area contributed by atoms with Crippen LogP contribution in [0.4, 0.5) is 11.4 Å². The second kappa shape index (κ2) is 9.57. The molecule has 0 aliphatic carbocycles.